The van der Waals surface area contributed by atoms with Crippen molar-refractivity contribution < 1.29 is 4.21 Å². The van der Waals surface area contributed by atoms with E-state index in [4.69, 9.17) is 0 Å². The molecule has 14 heavy (non-hydrogen) atoms. The van der Waals surface area contributed by atoms with Crippen molar-refractivity contribution in [2.45, 2.75) is 25.5 Å². The third-order valence-electron chi connectivity index (χ3n) is 2.02. The molecule has 1 rings (SSSR count). The predicted octanol–water partition coefficient (Wildman–Crippen LogP) is 1.88. The zero-order valence-electron chi connectivity index (χ0n) is 8.74. The van der Waals surface area contributed by atoms with Gasteiger partial charge < -0.3 is 5.32 Å². The summed E-state index contributed by atoms with van der Waals surface area (Å²) in [6.45, 7) is 4.78. The molecule has 0 radical (unpaired) electrons. The SMILES string of the molecule is CCc1csc(NCC(C)S(C)=O)n1. The second kappa shape index (κ2) is 5.46. The van der Waals surface area contributed by atoms with Crippen molar-refractivity contribution in [3.8, 4) is 0 Å². The maximum atomic E-state index is 11.1. The van der Waals surface area contributed by atoms with Crippen molar-refractivity contribution in [1.82, 2.24) is 4.98 Å². The van der Waals surface area contributed by atoms with Gasteiger partial charge in [-0.2, -0.15) is 0 Å². The Morgan fingerprint density at radius 3 is 2.93 bits per heavy atom. The Morgan fingerprint density at radius 2 is 2.43 bits per heavy atom. The standard InChI is InChI=1S/C9H16N2OS2/c1-4-8-6-13-9(11-8)10-5-7(2)14(3)12/h6-7H,4-5H2,1-3H3,(H,10,11). The van der Waals surface area contributed by atoms with Crippen LogP contribution in [0.5, 0.6) is 0 Å². The average molecular weight is 232 g/mol. The minimum atomic E-state index is -0.765. The summed E-state index contributed by atoms with van der Waals surface area (Å²) in [5.74, 6) is 0. The maximum Gasteiger partial charge on any atom is 0.182 e. The molecule has 0 spiro atoms. The molecule has 2 atom stereocenters. The van der Waals surface area contributed by atoms with E-state index in [-0.39, 0.29) is 5.25 Å². The third kappa shape index (κ3) is 3.38. The van der Waals surface area contributed by atoms with Crippen molar-refractivity contribution >= 4 is 27.3 Å². The summed E-state index contributed by atoms with van der Waals surface area (Å²) in [6, 6.07) is 0. The number of rotatable bonds is 5. The summed E-state index contributed by atoms with van der Waals surface area (Å²) in [7, 11) is -0.765. The number of nitrogens with zero attached hydrogens (tertiary/aromatic N) is 1. The molecule has 0 amide bonds. The normalized spacial score (nSPS) is 15.1. The van der Waals surface area contributed by atoms with Crippen LogP contribution in [0.4, 0.5) is 5.13 Å². The number of hydrogen-bond donors (Lipinski definition) is 1. The first-order valence-corrected chi connectivity index (χ1v) is 7.14. The van der Waals surface area contributed by atoms with Gasteiger partial charge in [0, 0.05) is 34.2 Å². The zero-order valence-corrected chi connectivity index (χ0v) is 10.4. The smallest absolute Gasteiger partial charge is 0.182 e. The van der Waals surface area contributed by atoms with Gasteiger partial charge in [0.1, 0.15) is 0 Å². The van der Waals surface area contributed by atoms with E-state index in [9.17, 15) is 4.21 Å². The largest absolute Gasteiger partial charge is 0.360 e. The van der Waals surface area contributed by atoms with Crippen LogP contribution in [0.1, 0.15) is 19.5 Å². The molecule has 80 valence electrons. The zero-order chi connectivity index (χ0) is 10.6. The van der Waals surface area contributed by atoms with Gasteiger partial charge in [-0.15, -0.1) is 11.3 Å². The predicted molar refractivity (Wildman–Crippen MR) is 63.5 cm³/mol. The first kappa shape index (κ1) is 11.7. The number of hydrogen-bond acceptors (Lipinski definition) is 4. The van der Waals surface area contributed by atoms with E-state index < -0.39 is 10.8 Å². The summed E-state index contributed by atoms with van der Waals surface area (Å²) in [4.78, 5) is 4.37. The van der Waals surface area contributed by atoms with Gasteiger partial charge in [0.05, 0.1) is 5.69 Å². The van der Waals surface area contributed by atoms with E-state index >= 15 is 0 Å². The first-order chi connectivity index (χ1) is 6.63. The molecule has 1 aromatic rings. The molecule has 0 saturated carbocycles. The monoisotopic (exact) mass is 232 g/mol. The van der Waals surface area contributed by atoms with E-state index in [1.807, 2.05) is 6.92 Å². The van der Waals surface area contributed by atoms with E-state index in [1.165, 1.54) is 0 Å². The third-order valence-corrected chi connectivity index (χ3v) is 4.17. The summed E-state index contributed by atoms with van der Waals surface area (Å²) >= 11 is 1.61. The molecule has 5 heteroatoms. The van der Waals surface area contributed by atoms with Crippen LogP contribution in [0.15, 0.2) is 5.38 Å². The van der Waals surface area contributed by atoms with Crippen molar-refractivity contribution in [2.75, 3.05) is 18.1 Å². The molecule has 0 aliphatic heterocycles. The molecule has 0 aromatic carbocycles. The Balaban J connectivity index is 2.41. The molecule has 2 unspecified atom stereocenters. The Kier molecular flexibility index (Phi) is 4.54. The fraction of sp³-hybridized carbons (Fsp3) is 0.667. The molecule has 0 fully saturated rings. The molecule has 0 aliphatic carbocycles. The van der Waals surface area contributed by atoms with Crippen LogP contribution in [0.25, 0.3) is 0 Å². The van der Waals surface area contributed by atoms with Gasteiger partial charge in [0.2, 0.25) is 0 Å². The highest BCUT2D eigenvalue weighted by molar-refractivity contribution is 7.84. The highest BCUT2D eigenvalue weighted by atomic mass is 32.2. The number of anilines is 1. The van der Waals surface area contributed by atoms with Crippen molar-refractivity contribution in [3.63, 3.8) is 0 Å². The van der Waals surface area contributed by atoms with Gasteiger partial charge in [-0.3, -0.25) is 4.21 Å². The second-order valence-electron chi connectivity index (χ2n) is 3.19. The van der Waals surface area contributed by atoms with Crippen LogP contribution in [0.2, 0.25) is 0 Å². The van der Waals surface area contributed by atoms with E-state index in [0.717, 1.165) is 23.8 Å². The van der Waals surface area contributed by atoms with Gasteiger partial charge >= 0.3 is 0 Å². The van der Waals surface area contributed by atoms with Crippen LogP contribution in [0.3, 0.4) is 0 Å². The van der Waals surface area contributed by atoms with Crippen LogP contribution in [-0.4, -0.2) is 27.2 Å². The number of aromatic nitrogens is 1. The molecule has 1 heterocycles. The van der Waals surface area contributed by atoms with Gasteiger partial charge in [0.25, 0.3) is 0 Å². The highest BCUT2D eigenvalue weighted by Crippen LogP contribution is 2.15. The van der Waals surface area contributed by atoms with Crippen molar-refractivity contribution in [1.29, 1.82) is 0 Å². The minimum absolute atomic E-state index is 0.170. The summed E-state index contributed by atoms with van der Waals surface area (Å²) in [5, 5.41) is 6.35. The number of aryl methyl sites for hydroxylation is 1. The van der Waals surface area contributed by atoms with Crippen LogP contribution >= 0.6 is 11.3 Å². The lowest BCUT2D eigenvalue weighted by molar-refractivity contribution is 0.679. The fourth-order valence-corrected chi connectivity index (χ4v) is 2.02. The molecular weight excluding hydrogens is 216 g/mol. The van der Waals surface area contributed by atoms with Crippen LogP contribution < -0.4 is 5.32 Å². The van der Waals surface area contributed by atoms with E-state index in [2.05, 4.69) is 22.6 Å². The van der Waals surface area contributed by atoms with E-state index in [0.29, 0.717) is 0 Å². The Labute approximate surface area is 91.4 Å². The molecule has 3 nitrogen and oxygen atoms in total. The fourth-order valence-electron chi connectivity index (χ4n) is 0.899. The maximum absolute atomic E-state index is 11.1. The highest BCUT2D eigenvalue weighted by Gasteiger charge is 2.06. The second-order valence-corrected chi connectivity index (χ2v) is 5.85. The lowest BCUT2D eigenvalue weighted by atomic mass is 10.4. The number of thiazole rings is 1. The average Bonchev–Trinajstić information content (AvgIpc) is 2.61. The molecule has 1 aromatic heterocycles. The van der Waals surface area contributed by atoms with Gasteiger partial charge in [0.15, 0.2) is 5.13 Å². The molecule has 0 saturated heterocycles. The van der Waals surface area contributed by atoms with Crippen LogP contribution in [-0.2, 0) is 17.2 Å². The first-order valence-electron chi connectivity index (χ1n) is 4.64. The van der Waals surface area contributed by atoms with Crippen molar-refractivity contribution in [3.05, 3.63) is 11.1 Å². The Morgan fingerprint density at radius 1 is 1.71 bits per heavy atom. The number of nitrogens with one attached hydrogen (secondary N) is 1. The van der Waals surface area contributed by atoms with Crippen molar-refractivity contribution in [2.24, 2.45) is 0 Å². The lowest BCUT2D eigenvalue weighted by Gasteiger charge is -2.07. The Hall–Kier alpha value is -0.420. The molecular formula is C9H16N2OS2. The summed E-state index contributed by atoms with van der Waals surface area (Å²) in [6.07, 6.45) is 2.69. The topological polar surface area (TPSA) is 42.0 Å². The van der Waals surface area contributed by atoms with Gasteiger partial charge in [-0.25, -0.2) is 4.98 Å². The molecule has 1 N–H and O–H groups in total. The summed E-state index contributed by atoms with van der Waals surface area (Å²) in [5.41, 5.74) is 1.11. The van der Waals surface area contributed by atoms with Crippen LogP contribution in [0, 0.1) is 0 Å². The summed E-state index contributed by atoms with van der Waals surface area (Å²) < 4.78 is 11.1. The molecule has 0 bridgehead atoms. The van der Waals surface area contributed by atoms with E-state index in [1.54, 1.807) is 17.6 Å². The van der Waals surface area contributed by atoms with Gasteiger partial charge in [-0.1, -0.05) is 6.92 Å². The molecule has 0 aliphatic rings. The lowest BCUT2D eigenvalue weighted by Crippen LogP contribution is -2.20. The Bertz CT molecular complexity index is 312. The van der Waals surface area contributed by atoms with Gasteiger partial charge in [-0.05, 0) is 13.3 Å². The minimum Gasteiger partial charge on any atom is -0.360 e. The quantitative estimate of drug-likeness (QED) is 0.843.